The van der Waals surface area contributed by atoms with Crippen molar-refractivity contribution in [2.24, 2.45) is 0 Å². The van der Waals surface area contributed by atoms with Gasteiger partial charge < -0.3 is 14.6 Å². The standard InChI is InChI=1S/C17H25NO3/c1-20-13-10-18(11-14-21-2)15-17-8-6-16(7-9-17)5-3-4-12-19/h6-9,19H,4,10-15H2,1-2H3. The van der Waals surface area contributed by atoms with Crippen LogP contribution in [0.3, 0.4) is 0 Å². The Morgan fingerprint density at radius 3 is 2.19 bits per heavy atom. The first kappa shape index (κ1) is 17.7. The summed E-state index contributed by atoms with van der Waals surface area (Å²) in [6, 6.07) is 8.22. The third kappa shape index (κ3) is 7.84. The van der Waals surface area contributed by atoms with E-state index in [9.17, 15) is 0 Å². The highest BCUT2D eigenvalue weighted by Gasteiger charge is 2.05. The Labute approximate surface area is 127 Å². The van der Waals surface area contributed by atoms with Gasteiger partial charge in [-0.25, -0.2) is 0 Å². The van der Waals surface area contributed by atoms with Crippen molar-refractivity contribution in [1.82, 2.24) is 4.90 Å². The summed E-state index contributed by atoms with van der Waals surface area (Å²) in [5, 5.41) is 8.70. The molecule has 0 atom stereocenters. The molecule has 1 rings (SSSR count). The third-order valence-corrected chi connectivity index (χ3v) is 3.05. The molecule has 0 fully saturated rings. The maximum absolute atomic E-state index is 8.70. The van der Waals surface area contributed by atoms with E-state index < -0.39 is 0 Å². The van der Waals surface area contributed by atoms with Crippen molar-refractivity contribution < 1.29 is 14.6 Å². The van der Waals surface area contributed by atoms with Crippen LogP contribution < -0.4 is 0 Å². The molecule has 1 N–H and O–H groups in total. The summed E-state index contributed by atoms with van der Waals surface area (Å²) in [6.45, 7) is 4.19. The molecule has 0 aliphatic carbocycles. The second-order valence-corrected chi connectivity index (χ2v) is 4.73. The van der Waals surface area contributed by atoms with Crippen LogP contribution >= 0.6 is 0 Å². The van der Waals surface area contributed by atoms with Gasteiger partial charge in [0, 0.05) is 45.8 Å². The van der Waals surface area contributed by atoms with E-state index >= 15 is 0 Å². The first-order valence-corrected chi connectivity index (χ1v) is 7.19. The molecule has 0 aliphatic rings. The normalized spacial score (nSPS) is 10.5. The minimum atomic E-state index is 0.110. The van der Waals surface area contributed by atoms with Crippen LogP contribution in [0.15, 0.2) is 24.3 Å². The predicted octanol–water partition coefficient (Wildman–Crippen LogP) is 1.52. The summed E-state index contributed by atoms with van der Waals surface area (Å²) >= 11 is 0. The minimum Gasteiger partial charge on any atom is -0.395 e. The van der Waals surface area contributed by atoms with Crippen molar-refractivity contribution >= 4 is 0 Å². The number of hydrogen-bond acceptors (Lipinski definition) is 4. The molecule has 0 saturated heterocycles. The maximum atomic E-state index is 8.70. The Balaban J connectivity index is 2.56. The lowest BCUT2D eigenvalue weighted by molar-refractivity contribution is 0.110. The first-order valence-electron chi connectivity index (χ1n) is 7.19. The molecule has 0 aliphatic heterocycles. The van der Waals surface area contributed by atoms with Crippen molar-refractivity contribution in [2.45, 2.75) is 13.0 Å². The molecule has 0 unspecified atom stereocenters. The van der Waals surface area contributed by atoms with Gasteiger partial charge in [0.15, 0.2) is 0 Å². The fraction of sp³-hybridized carbons (Fsp3) is 0.529. The van der Waals surface area contributed by atoms with Gasteiger partial charge in [0.2, 0.25) is 0 Å². The van der Waals surface area contributed by atoms with E-state index in [1.165, 1.54) is 5.56 Å². The molecular weight excluding hydrogens is 266 g/mol. The summed E-state index contributed by atoms with van der Waals surface area (Å²) in [5.74, 6) is 5.96. The topological polar surface area (TPSA) is 41.9 Å². The molecule has 1 aromatic carbocycles. The molecule has 0 heterocycles. The van der Waals surface area contributed by atoms with Crippen molar-refractivity contribution in [3.63, 3.8) is 0 Å². The van der Waals surface area contributed by atoms with Crippen LogP contribution in [0, 0.1) is 11.8 Å². The fourth-order valence-electron chi connectivity index (χ4n) is 1.88. The van der Waals surface area contributed by atoms with Crippen molar-refractivity contribution in [2.75, 3.05) is 47.1 Å². The Morgan fingerprint density at radius 1 is 1.05 bits per heavy atom. The lowest BCUT2D eigenvalue weighted by Gasteiger charge is -2.21. The van der Waals surface area contributed by atoms with Crippen molar-refractivity contribution in [3.8, 4) is 11.8 Å². The van der Waals surface area contributed by atoms with Gasteiger partial charge in [-0.05, 0) is 17.7 Å². The third-order valence-electron chi connectivity index (χ3n) is 3.05. The lowest BCUT2D eigenvalue weighted by atomic mass is 10.1. The Morgan fingerprint density at radius 2 is 1.67 bits per heavy atom. The van der Waals surface area contributed by atoms with Gasteiger partial charge in [-0.2, -0.15) is 0 Å². The summed E-state index contributed by atoms with van der Waals surface area (Å²) in [5.41, 5.74) is 2.22. The maximum Gasteiger partial charge on any atom is 0.0589 e. The molecule has 0 amide bonds. The molecular formula is C17H25NO3. The van der Waals surface area contributed by atoms with E-state index in [2.05, 4.69) is 28.9 Å². The van der Waals surface area contributed by atoms with Gasteiger partial charge in [0.1, 0.15) is 0 Å². The van der Waals surface area contributed by atoms with Gasteiger partial charge in [-0.3, -0.25) is 4.90 Å². The predicted molar refractivity (Wildman–Crippen MR) is 84.1 cm³/mol. The van der Waals surface area contributed by atoms with E-state index in [1.807, 2.05) is 12.1 Å². The number of hydrogen-bond donors (Lipinski definition) is 1. The summed E-state index contributed by atoms with van der Waals surface area (Å²) in [7, 11) is 3.43. The molecule has 0 radical (unpaired) electrons. The second-order valence-electron chi connectivity index (χ2n) is 4.73. The SMILES string of the molecule is COCCN(CCOC)Cc1ccc(C#CCCO)cc1. The summed E-state index contributed by atoms with van der Waals surface area (Å²) < 4.78 is 10.3. The van der Waals surface area contributed by atoms with Crippen LogP contribution in [-0.4, -0.2) is 57.1 Å². The number of methoxy groups -OCH3 is 2. The summed E-state index contributed by atoms with van der Waals surface area (Å²) in [6.07, 6.45) is 0.517. The van der Waals surface area contributed by atoms with Crippen molar-refractivity contribution in [1.29, 1.82) is 0 Å². The van der Waals surface area contributed by atoms with Crippen LogP contribution in [-0.2, 0) is 16.0 Å². The smallest absolute Gasteiger partial charge is 0.0589 e. The van der Waals surface area contributed by atoms with E-state index in [4.69, 9.17) is 14.6 Å². The average molecular weight is 291 g/mol. The van der Waals surface area contributed by atoms with Crippen LogP contribution in [0.1, 0.15) is 17.5 Å². The van der Waals surface area contributed by atoms with Crippen molar-refractivity contribution in [3.05, 3.63) is 35.4 Å². The quantitative estimate of drug-likeness (QED) is 0.700. The Kier molecular flexibility index (Phi) is 9.51. The van der Waals surface area contributed by atoms with Crippen LogP contribution in [0.4, 0.5) is 0 Å². The molecule has 0 spiro atoms. The number of aliphatic hydroxyl groups is 1. The summed E-state index contributed by atoms with van der Waals surface area (Å²) in [4.78, 5) is 2.31. The molecule has 0 bridgehead atoms. The zero-order valence-electron chi connectivity index (χ0n) is 13.0. The van der Waals surface area contributed by atoms with Crippen LogP contribution in [0.5, 0.6) is 0 Å². The average Bonchev–Trinajstić information content (AvgIpc) is 2.52. The zero-order chi connectivity index (χ0) is 15.3. The van der Waals surface area contributed by atoms with E-state index in [0.29, 0.717) is 19.6 Å². The zero-order valence-corrected chi connectivity index (χ0v) is 13.0. The highest BCUT2D eigenvalue weighted by Crippen LogP contribution is 2.07. The van der Waals surface area contributed by atoms with E-state index in [0.717, 1.165) is 25.2 Å². The van der Waals surface area contributed by atoms with Gasteiger partial charge in [0.25, 0.3) is 0 Å². The molecule has 1 aromatic rings. The van der Waals surface area contributed by atoms with Crippen LogP contribution in [0.25, 0.3) is 0 Å². The number of rotatable bonds is 9. The number of aliphatic hydroxyl groups excluding tert-OH is 1. The number of ether oxygens (including phenoxy) is 2. The molecule has 0 saturated carbocycles. The molecule has 0 aromatic heterocycles. The second kappa shape index (κ2) is 11.3. The lowest BCUT2D eigenvalue weighted by Crippen LogP contribution is -2.30. The van der Waals surface area contributed by atoms with Gasteiger partial charge in [-0.1, -0.05) is 24.0 Å². The van der Waals surface area contributed by atoms with Gasteiger partial charge in [-0.15, -0.1) is 0 Å². The molecule has 21 heavy (non-hydrogen) atoms. The number of benzene rings is 1. The largest absolute Gasteiger partial charge is 0.395 e. The van der Waals surface area contributed by atoms with E-state index in [-0.39, 0.29) is 6.61 Å². The fourth-order valence-corrected chi connectivity index (χ4v) is 1.88. The molecule has 4 nitrogen and oxygen atoms in total. The number of nitrogens with zero attached hydrogens (tertiary/aromatic N) is 1. The van der Waals surface area contributed by atoms with Gasteiger partial charge in [0.05, 0.1) is 19.8 Å². The van der Waals surface area contributed by atoms with E-state index in [1.54, 1.807) is 14.2 Å². The monoisotopic (exact) mass is 291 g/mol. The molecule has 116 valence electrons. The minimum absolute atomic E-state index is 0.110. The molecule has 4 heteroatoms. The van der Waals surface area contributed by atoms with Gasteiger partial charge >= 0.3 is 0 Å². The first-order chi connectivity index (χ1) is 10.3. The Bertz CT molecular complexity index is 426. The highest BCUT2D eigenvalue weighted by molar-refractivity contribution is 5.36. The highest BCUT2D eigenvalue weighted by atomic mass is 16.5. The van der Waals surface area contributed by atoms with Crippen LogP contribution in [0.2, 0.25) is 0 Å². The Hall–Kier alpha value is -1.38.